The summed E-state index contributed by atoms with van der Waals surface area (Å²) in [6, 6.07) is 59.3. The maximum absolute atomic E-state index is 2.48. The van der Waals surface area contributed by atoms with E-state index in [1.807, 2.05) is 11.3 Å². The number of benzene rings is 10. The first-order valence-corrected chi connectivity index (χ1v) is 19.1. The molecule has 0 radical (unpaired) electrons. The van der Waals surface area contributed by atoms with E-state index in [2.05, 4.69) is 172 Å². The van der Waals surface area contributed by atoms with Gasteiger partial charge in [0.2, 0.25) is 0 Å². The van der Waals surface area contributed by atoms with Crippen LogP contribution in [0.1, 0.15) is 25.0 Å². The summed E-state index contributed by atoms with van der Waals surface area (Å²) in [6.07, 6.45) is 0. The predicted molar refractivity (Wildman–Crippen MR) is 227 cm³/mol. The highest BCUT2D eigenvalue weighted by Gasteiger charge is 2.41. The molecule has 0 fully saturated rings. The molecule has 0 nitrogen and oxygen atoms in total. The largest absolute Gasteiger partial charge is 0.135 e. The lowest BCUT2D eigenvalue weighted by Gasteiger charge is -2.26. The Kier molecular flexibility index (Phi) is 5.55. The molecule has 1 aromatic heterocycles. The molecule has 0 amide bonds. The van der Waals surface area contributed by atoms with Crippen LogP contribution >= 0.6 is 11.3 Å². The Bertz CT molecular complexity index is 3320. The highest BCUT2D eigenvalue weighted by atomic mass is 32.1. The molecule has 0 spiro atoms. The standard InChI is InChI=1S/C51H32S/c1-51(2)48-42(46-40-22-12-11-21-39(40)45-37-19-9-7-17-34(37)35-18-8-10-20-38(35)47(45)49(46)51)26-25-41-36-24-23-31(28-43(36)52-50(41)48)44-32-15-5-3-13-29(32)27-30-14-4-6-16-33(30)44/h3-28H,1-2H3. The molecule has 0 atom stereocenters. The fourth-order valence-corrected chi connectivity index (χ4v) is 11.5. The number of hydrogen-bond acceptors (Lipinski definition) is 1. The minimum Gasteiger partial charge on any atom is -0.135 e. The second-order valence-corrected chi connectivity index (χ2v) is 16.2. The Labute approximate surface area is 305 Å². The van der Waals surface area contributed by atoms with E-state index in [9.17, 15) is 0 Å². The molecule has 0 unspecified atom stereocenters. The summed E-state index contributed by atoms with van der Waals surface area (Å²) >= 11 is 1.98. The molecule has 0 bridgehead atoms. The first-order chi connectivity index (χ1) is 25.6. The minimum atomic E-state index is -0.215. The number of fused-ring (bicyclic) bond motifs is 19. The smallest absolute Gasteiger partial charge is 0.0402 e. The molecule has 1 heteroatoms. The summed E-state index contributed by atoms with van der Waals surface area (Å²) in [5.74, 6) is 0. The average Bonchev–Trinajstić information content (AvgIpc) is 3.68. The van der Waals surface area contributed by atoms with Crippen LogP contribution in [0.2, 0.25) is 0 Å². The van der Waals surface area contributed by atoms with Crippen LogP contribution in [0.3, 0.4) is 0 Å². The van der Waals surface area contributed by atoms with Gasteiger partial charge in [0.15, 0.2) is 0 Å². The lowest BCUT2D eigenvalue weighted by molar-refractivity contribution is 0.674. The van der Waals surface area contributed by atoms with E-state index < -0.39 is 0 Å². The normalized spacial score (nSPS) is 13.7. The molecule has 10 aromatic carbocycles. The van der Waals surface area contributed by atoms with Crippen LogP contribution in [-0.2, 0) is 5.41 Å². The molecule has 242 valence electrons. The topological polar surface area (TPSA) is 0 Å². The van der Waals surface area contributed by atoms with Crippen molar-refractivity contribution in [3.8, 4) is 22.3 Å². The van der Waals surface area contributed by atoms with Crippen LogP contribution in [0, 0.1) is 0 Å². The lowest BCUT2D eigenvalue weighted by atomic mass is 9.77. The molecule has 0 saturated carbocycles. The van der Waals surface area contributed by atoms with E-state index in [1.165, 1.54) is 118 Å². The summed E-state index contributed by atoms with van der Waals surface area (Å²) in [5.41, 5.74) is 8.11. The Morgan fingerprint density at radius 3 is 1.56 bits per heavy atom. The molecule has 1 heterocycles. The van der Waals surface area contributed by atoms with Gasteiger partial charge >= 0.3 is 0 Å². The molecular formula is C51H32S. The molecule has 0 aliphatic heterocycles. The molecule has 11 aromatic rings. The van der Waals surface area contributed by atoms with Crippen molar-refractivity contribution in [2.75, 3.05) is 0 Å². The van der Waals surface area contributed by atoms with Gasteiger partial charge in [0.05, 0.1) is 0 Å². The van der Waals surface area contributed by atoms with Gasteiger partial charge in [-0.25, -0.2) is 0 Å². The zero-order valence-electron chi connectivity index (χ0n) is 28.9. The Balaban J connectivity index is 1.19. The van der Waals surface area contributed by atoms with Crippen LogP contribution in [0.4, 0.5) is 0 Å². The third-order valence-corrected chi connectivity index (χ3v) is 13.3. The fraction of sp³-hybridized carbons (Fsp3) is 0.0588. The van der Waals surface area contributed by atoms with Crippen molar-refractivity contribution in [2.24, 2.45) is 0 Å². The first kappa shape index (κ1) is 28.7. The maximum atomic E-state index is 2.48. The third kappa shape index (κ3) is 3.56. The monoisotopic (exact) mass is 676 g/mol. The van der Waals surface area contributed by atoms with Gasteiger partial charge in [-0.3, -0.25) is 0 Å². The highest BCUT2D eigenvalue weighted by Crippen LogP contribution is 2.59. The van der Waals surface area contributed by atoms with Crippen LogP contribution in [0.5, 0.6) is 0 Å². The fourth-order valence-electron chi connectivity index (χ4n) is 10.0. The summed E-state index contributed by atoms with van der Waals surface area (Å²) in [7, 11) is 0. The lowest BCUT2D eigenvalue weighted by Crippen LogP contribution is -2.16. The predicted octanol–water partition coefficient (Wildman–Crippen LogP) is 14.9. The van der Waals surface area contributed by atoms with E-state index in [0.29, 0.717) is 0 Å². The zero-order valence-corrected chi connectivity index (χ0v) is 29.7. The Morgan fingerprint density at radius 2 is 0.904 bits per heavy atom. The van der Waals surface area contributed by atoms with Crippen molar-refractivity contribution < 1.29 is 0 Å². The maximum Gasteiger partial charge on any atom is 0.0402 e. The van der Waals surface area contributed by atoms with Crippen LogP contribution in [0.25, 0.3) is 107 Å². The highest BCUT2D eigenvalue weighted by molar-refractivity contribution is 7.26. The van der Waals surface area contributed by atoms with Gasteiger partial charge < -0.3 is 0 Å². The first-order valence-electron chi connectivity index (χ1n) is 18.3. The van der Waals surface area contributed by atoms with E-state index >= 15 is 0 Å². The third-order valence-electron chi connectivity index (χ3n) is 12.1. The molecule has 52 heavy (non-hydrogen) atoms. The molecule has 1 aliphatic rings. The SMILES string of the molecule is CC1(C)c2c(ccc3c2sc2cc(-c4c5ccccc5cc5ccccc45)ccc23)-c2c1c1c3ccccc3c3ccccc3c1c1ccccc21. The number of rotatable bonds is 1. The Hall–Kier alpha value is -6.02. The molecular weight excluding hydrogens is 645 g/mol. The number of thiophene rings is 1. The second kappa shape index (κ2) is 10.1. The second-order valence-electron chi connectivity index (χ2n) is 15.1. The van der Waals surface area contributed by atoms with Crippen molar-refractivity contribution in [1.29, 1.82) is 0 Å². The van der Waals surface area contributed by atoms with E-state index in [-0.39, 0.29) is 5.41 Å². The molecule has 0 saturated heterocycles. The van der Waals surface area contributed by atoms with Gasteiger partial charge in [-0.1, -0.05) is 159 Å². The summed E-state index contributed by atoms with van der Waals surface area (Å²) in [4.78, 5) is 0. The number of hydrogen-bond donors (Lipinski definition) is 0. The molecule has 12 rings (SSSR count). The van der Waals surface area contributed by atoms with Crippen molar-refractivity contribution in [3.05, 3.63) is 169 Å². The van der Waals surface area contributed by atoms with Crippen molar-refractivity contribution in [3.63, 3.8) is 0 Å². The van der Waals surface area contributed by atoms with Crippen molar-refractivity contribution >= 4 is 96.1 Å². The summed E-state index contributed by atoms with van der Waals surface area (Å²) in [6.45, 7) is 4.96. The van der Waals surface area contributed by atoms with Gasteiger partial charge in [-0.05, 0) is 110 Å². The van der Waals surface area contributed by atoms with Gasteiger partial charge in [0.25, 0.3) is 0 Å². The summed E-state index contributed by atoms with van der Waals surface area (Å²) < 4.78 is 2.76. The van der Waals surface area contributed by atoms with Crippen LogP contribution < -0.4 is 0 Å². The van der Waals surface area contributed by atoms with Crippen molar-refractivity contribution in [2.45, 2.75) is 19.3 Å². The Morgan fingerprint density at radius 1 is 0.385 bits per heavy atom. The van der Waals surface area contributed by atoms with E-state index in [0.717, 1.165) is 0 Å². The molecule has 0 N–H and O–H groups in total. The quantitative estimate of drug-likeness (QED) is 0.120. The van der Waals surface area contributed by atoms with Gasteiger partial charge in [0, 0.05) is 25.6 Å². The van der Waals surface area contributed by atoms with Crippen molar-refractivity contribution in [1.82, 2.24) is 0 Å². The average molecular weight is 677 g/mol. The minimum absolute atomic E-state index is 0.215. The summed E-state index contributed by atoms with van der Waals surface area (Å²) in [5, 5.41) is 18.7. The van der Waals surface area contributed by atoms with Gasteiger partial charge in [0.1, 0.15) is 0 Å². The van der Waals surface area contributed by atoms with E-state index in [4.69, 9.17) is 0 Å². The van der Waals surface area contributed by atoms with Gasteiger partial charge in [-0.15, -0.1) is 11.3 Å². The van der Waals surface area contributed by atoms with E-state index in [1.54, 1.807) is 0 Å². The van der Waals surface area contributed by atoms with Gasteiger partial charge in [-0.2, -0.15) is 0 Å². The van der Waals surface area contributed by atoms with Crippen LogP contribution in [0.15, 0.2) is 158 Å². The molecule has 1 aliphatic carbocycles. The zero-order chi connectivity index (χ0) is 34.3. The van der Waals surface area contributed by atoms with Crippen LogP contribution in [-0.4, -0.2) is 0 Å².